The fourth-order valence-corrected chi connectivity index (χ4v) is 3.22. The molecule has 4 aromatic rings. The summed E-state index contributed by atoms with van der Waals surface area (Å²) in [6.07, 6.45) is 7.65. The largest absolute Gasteiger partial charge is 0.487 e. The van der Waals surface area contributed by atoms with Gasteiger partial charge in [-0.05, 0) is 36.8 Å². The molecule has 0 N–H and O–H groups in total. The molecule has 1 aromatic carbocycles. The number of pyridine rings is 1. The van der Waals surface area contributed by atoms with Crippen LogP contribution in [0.4, 0.5) is 0 Å². The molecule has 1 amide bonds. The van der Waals surface area contributed by atoms with Gasteiger partial charge < -0.3 is 14.0 Å². The molecule has 7 heteroatoms. The Morgan fingerprint density at radius 1 is 1.17 bits per heavy atom. The predicted molar refractivity (Wildman–Crippen MR) is 110 cm³/mol. The van der Waals surface area contributed by atoms with Crippen molar-refractivity contribution in [3.8, 4) is 5.75 Å². The summed E-state index contributed by atoms with van der Waals surface area (Å²) in [6.45, 7) is 2.88. The molecular formula is C22H23N5O2. The van der Waals surface area contributed by atoms with Gasteiger partial charge in [0.15, 0.2) is 0 Å². The first-order valence-electron chi connectivity index (χ1n) is 9.38. The smallest absolute Gasteiger partial charge is 0.254 e. The van der Waals surface area contributed by atoms with Crippen molar-refractivity contribution in [2.45, 2.75) is 20.1 Å². The highest BCUT2D eigenvalue weighted by Crippen LogP contribution is 2.17. The fraction of sp³-hybridized carbons (Fsp3) is 0.227. The number of nitrogens with zero attached hydrogens (tertiary/aromatic N) is 5. The number of hydrogen-bond acceptors (Lipinski definition) is 4. The molecule has 0 aliphatic carbocycles. The van der Waals surface area contributed by atoms with E-state index in [9.17, 15) is 4.79 Å². The van der Waals surface area contributed by atoms with Crippen LogP contribution in [0.3, 0.4) is 0 Å². The minimum atomic E-state index is -0.0671. The van der Waals surface area contributed by atoms with Crippen molar-refractivity contribution >= 4 is 11.6 Å². The van der Waals surface area contributed by atoms with Gasteiger partial charge >= 0.3 is 0 Å². The van der Waals surface area contributed by atoms with Gasteiger partial charge in [0.1, 0.15) is 18.0 Å². The molecule has 7 nitrogen and oxygen atoms in total. The number of imidazole rings is 1. The van der Waals surface area contributed by atoms with E-state index in [0.717, 1.165) is 16.9 Å². The molecule has 0 radical (unpaired) electrons. The summed E-state index contributed by atoms with van der Waals surface area (Å²) in [4.78, 5) is 19.0. The van der Waals surface area contributed by atoms with Gasteiger partial charge in [0.2, 0.25) is 0 Å². The fourth-order valence-electron chi connectivity index (χ4n) is 3.22. The molecule has 0 aliphatic rings. The quantitative estimate of drug-likeness (QED) is 0.508. The van der Waals surface area contributed by atoms with Crippen LogP contribution in [0.2, 0.25) is 0 Å². The average Bonchev–Trinajstić information content (AvgIpc) is 3.31. The molecule has 0 saturated heterocycles. The van der Waals surface area contributed by atoms with Gasteiger partial charge in [-0.1, -0.05) is 12.1 Å². The highest BCUT2D eigenvalue weighted by Gasteiger charge is 2.14. The van der Waals surface area contributed by atoms with Crippen molar-refractivity contribution in [1.82, 2.24) is 24.1 Å². The first-order valence-corrected chi connectivity index (χ1v) is 9.38. The molecule has 0 aliphatic heterocycles. The Morgan fingerprint density at radius 3 is 2.83 bits per heavy atom. The third-order valence-corrected chi connectivity index (χ3v) is 4.64. The number of benzene rings is 1. The standard InChI is InChI=1S/C22H23N5O2/c1-16-7-8-21-24-19(14-27(21)11-16)15-29-20-6-4-5-18(9-20)22(28)25(2)12-17-10-23-26(3)13-17/h4-11,13-14H,12,15H2,1-3H3. The van der Waals surface area contributed by atoms with Crippen molar-refractivity contribution in [2.24, 2.45) is 7.05 Å². The molecule has 3 aromatic heterocycles. The molecule has 0 fully saturated rings. The Balaban J connectivity index is 1.42. The van der Waals surface area contributed by atoms with Gasteiger partial charge in [0, 0.05) is 50.4 Å². The van der Waals surface area contributed by atoms with Crippen LogP contribution in [-0.2, 0) is 20.2 Å². The van der Waals surface area contributed by atoms with E-state index in [1.54, 1.807) is 35.0 Å². The molecule has 0 atom stereocenters. The van der Waals surface area contributed by atoms with Gasteiger partial charge in [-0.3, -0.25) is 9.48 Å². The Kier molecular flexibility index (Phi) is 5.03. The summed E-state index contributed by atoms with van der Waals surface area (Å²) in [5.41, 5.74) is 4.46. The number of fused-ring (bicyclic) bond motifs is 1. The van der Waals surface area contributed by atoms with Gasteiger partial charge in [-0.15, -0.1) is 0 Å². The molecule has 0 unspecified atom stereocenters. The second kappa shape index (κ2) is 7.79. The number of hydrogen-bond donors (Lipinski definition) is 0. The van der Waals surface area contributed by atoms with E-state index in [1.807, 2.05) is 61.2 Å². The number of carbonyl (C=O) groups is 1. The number of amides is 1. The lowest BCUT2D eigenvalue weighted by molar-refractivity contribution is 0.0784. The van der Waals surface area contributed by atoms with Crippen molar-refractivity contribution < 1.29 is 9.53 Å². The molecule has 0 bridgehead atoms. The highest BCUT2D eigenvalue weighted by atomic mass is 16.5. The normalized spacial score (nSPS) is 11.0. The zero-order chi connectivity index (χ0) is 20.4. The monoisotopic (exact) mass is 389 g/mol. The number of carbonyl (C=O) groups excluding carboxylic acids is 1. The van der Waals surface area contributed by atoms with Crippen LogP contribution in [0.25, 0.3) is 5.65 Å². The van der Waals surface area contributed by atoms with E-state index in [1.165, 1.54) is 5.56 Å². The number of rotatable bonds is 6. The lowest BCUT2D eigenvalue weighted by atomic mass is 10.2. The first kappa shape index (κ1) is 18.7. The van der Waals surface area contributed by atoms with Crippen LogP contribution < -0.4 is 4.74 Å². The Bertz CT molecular complexity index is 1160. The van der Waals surface area contributed by atoms with Crippen molar-refractivity contribution in [3.63, 3.8) is 0 Å². The third kappa shape index (κ3) is 4.29. The zero-order valence-corrected chi connectivity index (χ0v) is 16.7. The van der Waals surface area contributed by atoms with Gasteiger partial charge in [0.05, 0.1) is 11.9 Å². The highest BCUT2D eigenvalue weighted by molar-refractivity contribution is 5.94. The topological polar surface area (TPSA) is 64.7 Å². The predicted octanol–water partition coefficient (Wildman–Crippen LogP) is 3.23. The lowest BCUT2D eigenvalue weighted by Gasteiger charge is -2.16. The molecular weight excluding hydrogens is 366 g/mol. The van der Waals surface area contributed by atoms with Crippen LogP contribution >= 0.6 is 0 Å². The van der Waals surface area contributed by atoms with E-state index in [4.69, 9.17) is 4.74 Å². The lowest BCUT2D eigenvalue weighted by Crippen LogP contribution is -2.26. The van der Waals surface area contributed by atoms with E-state index in [2.05, 4.69) is 10.1 Å². The van der Waals surface area contributed by atoms with E-state index < -0.39 is 0 Å². The maximum Gasteiger partial charge on any atom is 0.254 e. The second-order valence-electron chi connectivity index (χ2n) is 7.20. The van der Waals surface area contributed by atoms with E-state index in [0.29, 0.717) is 24.5 Å². The maximum atomic E-state index is 12.8. The Hall–Kier alpha value is -3.61. The number of ether oxygens (including phenoxy) is 1. The maximum absolute atomic E-state index is 12.8. The van der Waals surface area contributed by atoms with Crippen molar-refractivity contribution in [1.29, 1.82) is 0 Å². The van der Waals surface area contributed by atoms with Gasteiger partial charge in [-0.25, -0.2) is 4.98 Å². The Labute approximate surface area is 169 Å². The summed E-state index contributed by atoms with van der Waals surface area (Å²) in [5.74, 6) is 0.571. The summed E-state index contributed by atoms with van der Waals surface area (Å²) < 4.78 is 9.60. The SMILES string of the molecule is Cc1ccc2nc(COc3cccc(C(=O)N(C)Cc4cnn(C)c4)c3)cn2c1. The van der Waals surface area contributed by atoms with E-state index >= 15 is 0 Å². The van der Waals surface area contributed by atoms with Crippen LogP contribution in [0.5, 0.6) is 5.75 Å². The zero-order valence-electron chi connectivity index (χ0n) is 16.7. The van der Waals surface area contributed by atoms with Crippen LogP contribution in [0.1, 0.15) is 27.2 Å². The minimum absolute atomic E-state index is 0.0671. The minimum Gasteiger partial charge on any atom is -0.487 e. The summed E-state index contributed by atoms with van der Waals surface area (Å²) in [7, 11) is 3.64. The van der Waals surface area contributed by atoms with Crippen LogP contribution in [0.15, 0.2) is 61.2 Å². The average molecular weight is 389 g/mol. The molecule has 0 saturated carbocycles. The molecule has 4 rings (SSSR count). The van der Waals surface area contributed by atoms with Crippen LogP contribution in [0, 0.1) is 6.92 Å². The van der Waals surface area contributed by atoms with Gasteiger partial charge in [-0.2, -0.15) is 5.10 Å². The Morgan fingerprint density at radius 2 is 2.03 bits per heavy atom. The molecule has 3 heterocycles. The number of aryl methyl sites for hydroxylation is 2. The second-order valence-corrected chi connectivity index (χ2v) is 7.20. The van der Waals surface area contributed by atoms with Crippen LogP contribution in [-0.4, -0.2) is 37.0 Å². The summed E-state index contributed by atoms with van der Waals surface area (Å²) in [5, 5.41) is 4.14. The third-order valence-electron chi connectivity index (χ3n) is 4.64. The van der Waals surface area contributed by atoms with Crippen molar-refractivity contribution in [2.75, 3.05) is 7.05 Å². The number of aromatic nitrogens is 4. The molecule has 0 spiro atoms. The van der Waals surface area contributed by atoms with Gasteiger partial charge in [0.25, 0.3) is 5.91 Å². The molecule has 148 valence electrons. The first-order chi connectivity index (χ1) is 14.0. The summed E-state index contributed by atoms with van der Waals surface area (Å²) >= 11 is 0. The molecule has 29 heavy (non-hydrogen) atoms. The van der Waals surface area contributed by atoms with Crippen molar-refractivity contribution in [3.05, 3.63) is 83.6 Å². The van der Waals surface area contributed by atoms with E-state index in [-0.39, 0.29) is 5.91 Å². The summed E-state index contributed by atoms with van der Waals surface area (Å²) in [6, 6.07) is 11.2.